The number of aliphatic hydroxyl groups excluding tert-OH is 1. The second-order valence-electron chi connectivity index (χ2n) is 8.65. The molecular weight excluding hydrogens is 400 g/mol. The fourth-order valence-corrected chi connectivity index (χ4v) is 4.77. The van der Waals surface area contributed by atoms with E-state index in [0.717, 1.165) is 31.7 Å². The van der Waals surface area contributed by atoms with Crippen LogP contribution in [0.3, 0.4) is 0 Å². The van der Waals surface area contributed by atoms with Crippen molar-refractivity contribution in [3.8, 4) is 11.5 Å². The molecule has 0 bridgehead atoms. The standard InChI is InChI=1S/C24H28O7/c1-4-13(2)23(28)30-20-10-16-18(31-24(20,3)14-7-5-6-8-14)11-19-21(22(16)27)17(26)9-15(12-25)29-19/h4,9,11,14,20,25,27H,5-8,10,12H2,1-3H3/t20-,24-/m0/s1. The van der Waals surface area contributed by atoms with E-state index in [1.807, 2.05) is 6.92 Å². The fraction of sp³-hybridized carbons (Fsp3) is 0.500. The van der Waals surface area contributed by atoms with E-state index >= 15 is 0 Å². The van der Waals surface area contributed by atoms with Gasteiger partial charge in [-0.1, -0.05) is 18.9 Å². The second kappa shape index (κ2) is 8.04. The van der Waals surface area contributed by atoms with E-state index in [2.05, 4.69) is 0 Å². The third-order valence-corrected chi connectivity index (χ3v) is 6.79. The van der Waals surface area contributed by atoms with Crippen LogP contribution in [-0.4, -0.2) is 27.9 Å². The summed E-state index contributed by atoms with van der Waals surface area (Å²) in [5, 5.41) is 20.3. The van der Waals surface area contributed by atoms with E-state index in [9.17, 15) is 19.8 Å². The van der Waals surface area contributed by atoms with Gasteiger partial charge in [0.25, 0.3) is 0 Å². The first kappa shape index (κ1) is 21.4. The van der Waals surface area contributed by atoms with Gasteiger partial charge in [0.05, 0.1) is 0 Å². The van der Waals surface area contributed by atoms with E-state index in [4.69, 9.17) is 13.9 Å². The number of phenols is 1. The summed E-state index contributed by atoms with van der Waals surface area (Å²) in [5.74, 6) is 0.0599. The molecule has 2 aliphatic rings. The third-order valence-electron chi connectivity index (χ3n) is 6.79. The first-order valence-corrected chi connectivity index (χ1v) is 10.7. The molecule has 2 heterocycles. The lowest BCUT2D eigenvalue weighted by Gasteiger charge is -2.45. The van der Waals surface area contributed by atoms with Gasteiger partial charge < -0.3 is 24.1 Å². The maximum atomic E-state index is 12.6. The van der Waals surface area contributed by atoms with Gasteiger partial charge in [-0.15, -0.1) is 0 Å². The number of aliphatic hydroxyl groups is 1. The van der Waals surface area contributed by atoms with Crippen molar-refractivity contribution in [2.45, 2.75) is 71.2 Å². The van der Waals surface area contributed by atoms with Crippen LogP contribution in [0, 0.1) is 5.92 Å². The van der Waals surface area contributed by atoms with Crippen molar-refractivity contribution in [1.29, 1.82) is 0 Å². The lowest BCUT2D eigenvalue weighted by Crippen LogP contribution is -2.55. The number of phenolic OH excluding ortho intramolecular Hbond substituents is 1. The summed E-state index contributed by atoms with van der Waals surface area (Å²) in [4.78, 5) is 25.1. The molecule has 0 radical (unpaired) electrons. The Labute approximate surface area is 180 Å². The van der Waals surface area contributed by atoms with Gasteiger partial charge in [0, 0.05) is 35.6 Å². The molecule has 0 spiro atoms. The smallest absolute Gasteiger partial charge is 0.333 e. The van der Waals surface area contributed by atoms with Crippen LogP contribution in [0.2, 0.25) is 0 Å². The van der Waals surface area contributed by atoms with Crippen molar-refractivity contribution < 1.29 is 28.9 Å². The summed E-state index contributed by atoms with van der Waals surface area (Å²) < 4.78 is 17.9. The van der Waals surface area contributed by atoms with E-state index in [0.29, 0.717) is 16.9 Å². The van der Waals surface area contributed by atoms with Gasteiger partial charge in [0.15, 0.2) is 5.43 Å². The maximum Gasteiger partial charge on any atom is 0.333 e. The number of rotatable bonds is 4. The molecule has 7 heteroatoms. The Kier molecular flexibility index (Phi) is 5.56. The predicted molar refractivity (Wildman–Crippen MR) is 114 cm³/mol. The summed E-state index contributed by atoms with van der Waals surface area (Å²) in [6.07, 6.45) is 5.41. The minimum absolute atomic E-state index is 0.0266. The summed E-state index contributed by atoms with van der Waals surface area (Å²) in [5.41, 5.74) is -0.153. The van der Waals surface area contributed by atoms with Crippen LogP contribution in [0.1, 0.15) is 57.8 Å². The largest absolute Gasteiger partial charge is 0.507 e. The van der Waals surface area contributed by atoms with Crippen LogP contribution in [0.4, 0.5) is 0 Å². The molecule has 1 aliphatic heterocycles. The van der Waals surface area contributed by atoms with Crippen molar-refractivity contribution >= 4 is 16.9 Å². The molecule has 2 atom stereocenters. The highest BCUT2D eigenvalue weighted by Gasteiger charge is 2.50. The Morgan fingerprint density at radius 1 is 1.32 bits per heavy atom. The fourth-order valence-electron chi connectivity index (χ4n) is 4.77. The number of esters is 1. The number of ether oxygens (including phenoxy) is 2. The van der Waals surface area contributed by atoms with E-state index in [1.165, 1.54) is 0 Å². The van der Waals surface area contributed by atoms with Crippen LogP contribution in [-0.2, 0) is 22.6 Å². The number of allylic oxidation sites excluding steroid dienone is 1. The Balaban J connectivity index is 1.84. The van der Waals surface area contributed by atoms with Crippen molar-refractivity contribution in [3.05, 3.63) is 45.3 Å². The molecule has 1 aromatic heterocycles. The Hall–Kier alpha value is -2.80. The summed E-state index contributed by atoms with van der Waals surface area (Å²) in [6.45, 7) is 5.00. The highest BCUT2D eigenvalue weighted by atomic mass is 16.6. The highest BCUT2D eigenvalue weighted by molar-refractivity contribution is 5.88. The molecule has 2 N–H and O–H groups in total. The Morgan fingerprint density at radius 2 is 2.03 bits per heavy atom. The molecule has 1 saturated carbocycles. The lowest BCUT2D eigenvalue weighted by molar-refractivity contribution is -0.164. The minimum atomic E-state index is -0.776. The number of hydrogen-bond acceptors (Lipinski definition) is 7. The van der Waals surface area contributed by atoms with Gasteiger partial charge >= 0.3 is 5.97 Å². The zero-order valence-electron chi connectivity index (χ0n) is 18.1. The molecule has 31 heavy (non-hydrogen) atoms. The van der Waals surface area contributed by atoms with Crippen LogP contribution >= 0.6 is 0 Å². The molecule has 1 aromatic carbocycles. The van der Waals surface area contributed by atoms with Gasteiger partial charge in [-0.2, -0.15) is 0 Å². The molecule has 2 aromatic rings. The number of carbonyl (C=O) groups is 1. The van der Waals surface area contributed by atoms with Gasteiger partial charge in [0.1, 0.15) is 46.5 Å². The van der Waals surface area contributed by atoms with Gasteiger partial charge in [-0.25, -0.2) is 4.79 Å². The number of aromatic hydroxyl groups is 1. The summed E-state index contributed by atoms with van der Waals surface area (Å²) in [7, 11) is 0. The number of carbonyl (C=O) groups excluding carboxylic acids is 1. The topological polar surface area (TPSA) is 106 Å². The van der Waals surface area contributed by atoms with Crippen molar-refractivity contribution in [1.82, 2.24) is 0 Å². The lowest BCUT2D eigenvalue weighted by atomic mass is 9.78. The zero-order valence-corrected chi connectivity index (χ0v) is 18.1. The van der Waals surface area contributed by atoms with Gasteiger partial charge in [0.2, 0.25) is 0 Å². The minimum Gasteiger partial charge on any atom is -0.507 e. The second-order valence-corrected chi connectivity index (χ2v) is 8.65. The van der Waals surface area contributed by atoms with Crippen LogP contribution < -0.4 is 10.2 Å². The predicted octanol–water partition coefficient (Wildman–Crippen LogP) is 3.75. The SMILES string of the molecule is CC=C(C)C(=O)O[C@H]1Cc2c(cc3oc(CO)cc(=O)c3c2O)O[C@@]1(C)C1CCCC1. The van der Waals surface area contributed by atoms with Gasteiger partial charge in [-0.05, 0) is 33.6 Å². The average molecular weight is 428 g/mol. The quantitative estimate of drug-likeness (QED) is 0.564. The average Bonchev–Trinajstić information content (AvgIpc) is 3.29. The van der Waals surface area contributed by atoms with E-state index in [-0.39, 0.29) is 34.8 Å². The highest BCUT2D eigenvalue weighted by Crippen LogP contribution is 2.48. The zero-order chi connectivity index (χ0) is 22.3. The Bertz CT molecular complexity index is 1110. The third kappa shape index (κ3) is 3.61. The van der Waals surface area contributed by atoms with Crippen LogP contribution in [0.15, 0.2) is 33.0 Å². The van der Waals surface area contributed by atoms with Crippen LogP contribution in [0.5, 0.6) is 11.5 Å². The van der Waals surface area contributed by atoms with E-state index in [1.54, 1.807) is 26.0 Å². The molecule has 0 amide bonds. The van der Waals surface area contributed by atoms with Crippen molar-refractivity contribution in [3.63, 3.8) is 0 Å². The molecule has 7 nitrogen and oxygen atoms in total. The van der Waals surface area contributed by atoms with Gasteiger partial charge in [-0.3, -0.25) is 4.79 Å². The number of benzene rings is 1. The summed E-state index contributed by atoms with van der Waals surface area (Å²) in [6, 6.07) is 2.75. The molecule has 1 aliphatic carbocycles. The number of hydrogen-bond donors (Lipinski definition) is 2. The molecule has 4 rings (SSSR count). The number of fused-ring (bicyclic) bond motifs is 2. The monoisotopic (exact) mass is 428 g/mol. The maximum absolute atomic E-state index is 12.6. The first-order chi connectivity index (χ1) is 14.8. The molecular formula is C24H28O7. The Morgan fingerprint density at radius 3 is 2.68 bits per heavy atom. The molecule has 0 unspecified atom stereocenters. The first-order valence-electron chi connectivity index (χ1n) is 10.7. The molecule has 0 saturated heterocycles. The van der Waals surface area contributed by atoms with Crippen LogP contribution in [0.25, 0.3) is 11.0 Å². The van der Waals surface area contributed by atoms with Crippen molar-refractivity contribution in [2.24, 2.45) is 5.92 Å². The normalized spacial score (nSPS) is 24.1. The summed E-state index contributed by atoms with van der Waals surface area (Å²) >= 11 is 0. The molecule has 1 fully saturated rings. The molecule has 166 valence electrons. The van der Waals surface area contributed by atoms with Crippen molar-refractivity contribution in [2.75, 3.05) is 0 Å². The van der Waals surface area contributed by atoms with E-state index < -0.39 is 29.7 Å².